The molecule has 0 radical (unpaired) electrons. The number of fused-ring (bicyclic) bond motifs is 1. The van der Waals surface area contributed by atoms with Gasteiger partial charge in [0, 0.05) is 31.5 Å². The molecule has 1 aromatic carbocycles. The van der Waals surface area contributed by atoms with Crippen molar-refractivity contribution in [2.45, 2.75) is 58.6 Å². The molecule has 1 aliphatic heterocycles. The van der Waals surface area contributed by atoms with Crippen LogP contribution in [0.25, 0.3) is 0 Å². The molecule has 144 valence electrons. The quantitative estimate of drug-likeness (QED) is 0.516. The Hall–Kier alpha value is -2.24. The van der Waals surface area contributed by atoms with Crippen molar-refractivity contribution in [1.82, 2.24) is 16.0 Å². The van der Waals surface area contributed by atoms with E-state index in [0.717, 1.165) is 43.2 Å². The maximum atomic E-state index is 11.7. The first kappa shape index (κ1) is 20.1. The number of hydrogen-bond donors (Lipinski definition) is 3. The lowest BCUT2D eigenvalue weighted by molar-refractivity contribution is -0.120. The van der Waals surface area contributed by atoms with Crippen LogP contribution in [0.3, 0.4) is 0 Å². The first-order valence-corrected chi connectivity index (χ1v) is 9.54. The molecule has 1 aliphatic rings. The van der Waals surface area contributed by atoms with Gasteiger partial charge in [-0.05, 0) is 33.3 Å². The molecule has 1 unspecified atom stereocenters. The van der Waals surface area contributed by atoms with Crippen molar-refractivity contribution in [2.24, 2.45) is 4.99 Å². The van der Waals surface area contributed by atoms with Crippen LogP contribution in [0, 0.1) is 0 Å². The molecule has 1 amide bonds. The van der Waals surface area contributed by atoms with Crippen molar-refractivity contribution in [3.8, 4) is 5.75 Å². The fourth-order valence-corrected chi connectivity index (χ4v) is 3.04. The van der Waals surface area contributed by atoms with Crippen molar-refractivity contribution in [2.75, 3.05) is 19.6 Å². The molecule has 0 spiro atoms. The summed E-state index contributed by atoms with van der Waals surface area (Å²) in [4.78, 5) is 16.3. The summed E-state index contributed by atoms with van der Waals surface area (Å²) in [6.45, 7) is 10.2. The zero-order chi connectivity index (χ0) is 19.0. The van der Waals surface area contributed by atoms with Crippen LogP contribution in [0.4, 0.5) is 0 Å². The molecular weight excluding hydrogens is 328 g/mol. The highest BCUT2D eigenvalue weighted by molar-refractivity contribution is 5.81. The SMILES string of the molecule is CCCNC(=O)CCN=C(NCC)NC1CC(C)(C)Oc2ccccc21. The predicted molar refractivity (Wildman–Crippen MR) is 106 cm³/mol. The third kappa shape index (κ3) is 5.93. The lowest BCUT2D eigenvalue weighted by Crippen LogP contribution is -2.45. The summed E-state index contributed by atoms with van der Waals surface area (Å²) in [5, 5.41) is 9.66. The number of hydrogen-bond acceptors (Lipinski definition) is 3. The molecule has 26 heavy (non-hydrogen) atoms. The highest BCUT2D eigenvalue weighted by Crippen LogP contribution is 2.39. The topological polar surface area (TPSA) is 74.8 Å². The van der Waals surface area contributed by atoms with Crippen LogP contribution < -0.4 is 20.7 Å². The Morgan fingerprint density at radius 3 is 2.77 bits per heavy atom. The predicted octanol–water partition coefficient (Wildman–Crippen LogP) is 2.76. The minimum atomic E-state index is -0.247. The van der Waals surface area contributed by atoms with Crippen molar-refractivity contribution in [1.29, 1.82) is 0 Å². The molecular formula is C20H32N4O2. The van der Waals surface area contributed by atoms with Crippen LogP contribution >= 0.6 is 0 Å². The summed E-state index contributed by atoms with van der Waals surface area (Å²) >= 11 is 0. The van der Waals surface area contributed by atoms with Gasteiger partial charge in [-0.25, -0.2) is 0 Å². The Labute approximate surface area is 156 Å². The minimum Gasteiger partial charge on any atom is -0.487 e. The van der Waals surface area contributed by atoms with Crippen molar-refractivity contribution >= 4 is 11.9 Å². The third-order valence-electron chi connectivity index (χ3n) is 4.21. The van der Waals surface area contributed by atoms with Crippen LogP contribution in [0.5, 0.6) is 5.75 Å². The number of rotatable bonds is 7. The molecule has 2 rings (SSSR count). The van der Waals surface area contributed by atoms with Gasteiger partial charge in [0.1, 0.15) is 11.4 Å². The van der Waals surface area contributed by atoms with E-state index >= 15 is 0 Å². The Bertz CT molecular complexity index is 628. The summed E-state index contributed by atoms with van der Waals surface area (Å²) < 4.78 is 6.09. The number of amides is 1. The Balaban J connectivity index is 2.04. The molecule has 0 aliphatic carbocycles. The number of nitrogens with one attached hydrogen (secondary N) is 3. The second-order valence-corrected chi connectivity index (χ2v) is 7.16. The van der Waals surface area contributed by atoms with Gasteiger partial charge in [0.25, 0.3) is 0 Å². The molecule has 0 saturated heterocycles. The van der Waals surface area contributed by atoms with Crippen LogP contribution in [0.15, 0.2) is 29.3 Å². The average Bonchev–Trinajstić information content (AvgIpc) is 2.59. The van der Waals surface area contributed by atoms with E-state index in [-0.39, 0.29) is 17.6 Å². The summed E-state index contributed by atoms with van der Waals surface area (Å²) in [6.07, 6.45) is 2.18. The maximum absolute atomic E-state index is 11.7. The lowest BCUT2D eigenvalue weighted by atomic mass is 9.90. The van der Waals surface area contributed by atoms with Gasteiger partial charge in [0.05, 0.1) is 12.6 Å². The minimum absolute atomic E-state index is 0.0454. The van der Waals surface area contributed by atoms with E-state index in [1.54, 1.807) is 0 Å². The number of carbonyl (C=O) groups excluding carboxylic acids is 1. The highest BCUT2D eigenvalue weighted by Gasteiger charge is 2.33. The molecule has 0 fully saturated rings. The van der Waals surface area contributed by atoms with Gasteiger partial charge in [-0.15, -0.1) is 0 Å². The second-order valence-electron chi connectivity index (χ2n) is 7.16. The Morgan fingerprint density at radius 2 is 2.04 bits per heavy atom. The van der Waals surface area contributed by atoms with Crippen LogP contribution in [0.1, 0.15) is 58.6 Å². The molecule has 0 bridgehead atoms. The van der Waals surface area contributed by atoms with E-state index in [2.05, 4.69) is 40.9 Å². The molecule has 6 heteroatoms. The molecule has 6 nitrogen and oxygen atoms in total. The standard InChI is InChI=1S/C20H32N4O2/c1-5-12-22-18(25)11-13-23-19(21-6-2)24-16-14-20(3,4)26-17-10-8-7-9-15(16)17/h7-10,16H,5-6,11-14H2,1-4H3,(H,22,25)(H2,21,23,24). The van der Waals surface area contributed by atoms with Crippen LogP contribution in [0.2, 0.25) is 0 Å². The number of benzene rings is 1. The summed E-state index contributed by atoms with van der Waals surface area (Å²) in [5.41, 5.74) is 0.891. The summed E-state index contributed by atoms with van der Waals surface area (Å²) in [7, 11) is 0. The van der Waals surface area contributed by atoms with E-state index in [0.29, 0.717) is 13.0 Å². The first-order chi connectivity index (χ1) is 12.4. The number of nitrogens with zero attached hydrogens (tertiary/aromatic N) is 1. The number of ether oxygens (including phenoxy) is 1. The van der Waals surface area contributed by atoms with E-state index in [1.807, 2.05) is 32.0 Å². The normalized spacial score (nSPS) is 18.5. The van der Waals surface area contributed by atoms with Gasteiger partial charge < -0.3 is 20.7 Å². The fraction of sp³-hybridized carbons (Fsp3) is 0.600. The van der Waals surface area contributed by atoms with Gasteiger partial charge in [-0.1, -0.05) is 25.1 Å². The van der Waals surface area contributed by atoms with Gasteiger partial charge in [-0.3, -0.25) is 9.79 Å². The Morgan fingerprint density at radius 1 is 1.27 bits per heavy atom. The molecule has 0 saturated carbocycles. The zero-order valence-corrected chi connectivity index (χ0v) is 16.4. The largest absolute Gasteiger partial charge is 0.487 e. The fourth-order valence-electron chi connectivity index (χ4n) is 3.04. The monoisotopic (exact) mass is 360 g/mol. The van der Waals surface area contributed by atoms with E-state index in [9.17, 15) is 4.79 Å². The maximum Gasteiger partial charge on any atom is 0.221 e. The summed E-state index contributed by atoms with van der Waals surface area (Å²) in [6, 6.07) is 8.22. The van der Waals surface area contributed by atoms with Gasteiger partial charge in [0.2, 0.25) is 5.91 Å². The molecule has 1 heterocycles. The zero-order valence-electron chi connectivity index (χ0n) is 16.4. The van der Waals surface area contributed by atoms with Gasteiger partial charge in [0.15, 0.2) is 5.96 Å². The number of aliphatic imine (C=N–C) groups is 1. The lowest BCUT2D eigenvalue weighted by Gasteiger charge is -2.38. The number of para-hydroxylation sites is 1. The van der Waals surface area contributed by atoms with E-state index in [4.69, 9.17) is 4.74 Å². The van der Waals surface area contributed by atoms with Gasteiger partial charge >= 0.3 is 0 Å². The third-order valence-corrected chi connectivity index (χ3v) is 4.21. The molecule has 3 N–H and O–H groups in total. The number of guanidine groups is 1. The molecule has 1 atom stereocenters. The van der Waals surface area contributed by atoms with Crippen LogP contribution in [-0.2, 0) is 4.79 Å². The van der Waals surface area contributed by atoms with E-state index in [1.165, 1.54) is 0 Å². The van der Waals surface area contributed by atoms with Crippen LogP contribution in [-0.4, -0.2) is 37.1 Å². The van der Waals surface area contributed by atoms with Crippen molar-refractivity contribution in [3.63, 3.8) is 0 Å². The second kappa shape index (κ2) is 9.46. The highest BCUT2D eigenvalue weighted by atomic mass is 16.5. The number of carbonyl (C=O) groups is 1. The summed E-state index contributed by atoms with van der Waals surface area (Å²) in [5.74, 6) is 1.69. The van der Waals surface area contributed by atoms with Gasteiger partial charge in [-0.2, -0.15) is 0 Å². The Kier molecular flexibility index (Phi) is 7.30. The van der Waals surface area contributed by atoms with Crippen molar-refractivity contribution < 1.29 is 9.53 Å². The van der Waals surface area contributed by atoms with E-state index < -0.39 is 0 Å². The average molecular weight is 361 g/mol. The first-order valence-electron chi connectivity index (χ1n) is 9.54. The van der Waals surface area contributed by atoms with Crippen molar-refractivity contribution in [3.05, 3.63) is 29.8 Å². The molecule has 0 aromatic heterocycles. The molecule has 1 aromatic rings. The smallest absolute Gasteiger partial charge is 0.221 e.